The Balaban J connectivity index is 1.88. The number of aromatic amines is 1. The van der Waals surface area contributed by atoms with Crippen molar-refractivity contribution in [1.82, 2.24) is 30.3 Å². The number of H-pyrrole nitrogens is 1. The smallest absolute Gasteiger partial charge is 0.277 e. The molecule has 0 spiro atoms. The Hall–Kier alpha value is -3.09. The zero-order valence-corrected chi connectivity index (χ0v) is 10.2. The number of hydrogen-bond donors (Lipinski definition) is 1. The first kappa shape index (κ1) is 10.8. The molecule has 7 heteroatoms. The minimum atomic E-state index is 0.354. The van der Waals surface area contributed by atoms with Gasteiger partial charge in [-0.3, -0.25) is 10.1 Å². The molecule has 96 valence electrons. The summed E-state index contributed by atoms with van der Waals surface area (Å²) in [6.45, 7) is 0. The molecule has 0 unspecified atom stereocenters. The highest BCUT2D eigenvalue weighted by Crippen LogP contribution is 2.25. The Kier molecular flexibility index (Phi) is 2.28. The highest BCUT2D eigenvalue weighted by atomic mass is 16.5. The summed E-state index contributed by atoms with van der Waals surface area (Å²) in [5.74, 6) is 1.17. The average molecular weight is 264 g/mol. The number of aromatic nitrogens is 6. The Morgan fingerprint density at radius 3 is 2.90 bits per heavy atom. The van der Waals surface area contributed by atoms with Crippen LogP contribution in [0.25, 0.3) is 34.0 Å². The molecule has 1 aromatic carbocycles. The summed E-state index contributed by atoms with van der Waals surface area (Å²) in [7, 11) is 0. The Labute approximate surface area is 112 Å². The SMILES string of the molecule is c1ccc2c(-c3nc(-c4ncn[nH]4)no3)nccc2c1. The Bertz CT molecular complexity index is 862. The molecule has 1 N–H and O–H groups in total. The van der Waals surface area contributed by atoms with Gasteiger partial charge in [-0.25, -0.2) is 4.98 Å². The van der Waals surface area contributed by atoms with E-state index in [1.165, 1.54) is 6.33 Å². The van der Waals surface area contributed by atoms with E-state index in [0.29, 0.717) is 23.2 Å². The molecule has 20 heavy (non-hydrogen) atoms. The lowest BCUT2D eigenvalue weighted by Crippen LogP contribution is -1.87. The quantitative estimate of drug-likeness (QED) is 0.595. The number of nitrogens with one attached hydrogen (secondary N) is 1. The first-order chi connectivity index (χ1) is 9.92. The van der Waals surface area contributed by atoms with E-state index in [4.69, 9.17) is 4.52 Å². The van der Waals surface area contributed by atoms with E-state index in [2.05, 4.69) is 30.3 Å². The van der Waals surface area contributed by atoms with Gasteiger partial charge in [0, 0.05) is 11.6 Å². The van der Waals surface area contributed by atoms with Crippen LogP contribution in [0, 0.1) is 0 Å². The zero-order chi connectivity index (χ0) is 13.4. The van der Waals surface area contributed by atoms with Crippen LogP contribution in [0.3, 0.4) is 0 Å². The third-order valence-corrected chi connectivity index (χ3v) is 2.93. The molecule has 0 aliphatic heterocycles. The van der Waals surface area contributed by atoms with Crippen molar-refractivity contribution >= 4 is 10.8 Å². The van der Waals surface area contributed by atoms with Crippen LogP contribution in [0.4, 0.5) is 0 Å². The third kappa shape index (κ3) is 1.64. The van der Waals surface area contributed by atoms with Gasteiger partial charge in [0.25, 0.3) is 5.89 Å². The van der Waals surface area contributed by atoms with Crippen LogP contribution >= 0.6 is 0 Å². The van der Waals surface area contributed by atoms with Crippen LogP contribution < -0.4 is 0 Å². The molecule has 0 radical (unpaired) electrons. The molecule has 0 aliphatic carbocycles. The van der Waals surface area contributed by atoms with Gasteiger partial charge in [-0.05, 0) is 11.5 Å². The van der Waals surface area contributed by atoms with Crippen molar-refractivity contribution in [2.45, 2.75) is 0 Å². The molecule has 4 aromatic rings. The van der Waals surface area contributed by atoms with Gasteiger partial charge in [0.05, 0.1) is 0 Å². The lowest BCUT2D eigenvalue weighted by molar-refractivity contribution is 0.431. The molecular weight excluding hydrogens is 256 g/mol. The van der Waals surface area contributed by atoms with Gasteiger partial charge in [-0.1, -0.05) is 29.4 Å². The van der Waals surface area contributed by atoms with Crippen molar-refractivity contribution < 1.29 is 4.52 Å². The molecule has 3 aromatic heterocycles. The second-order valence-electron chi connectivity index (χ2n) is 4.14. The zero-order valence-electron chi connectivity index (χ0n) is 10.2. The van der Waals surface area contributed by atoms with Crippen molar-refractivity contribution in [3.8, 4) is 23.2 Å². The molecule has 0 bridgehead atoms. The average Bonchev–Trinajstić information content (AvgIpc) is 3.17. The minimum Gasteiger partial charge on any atom is -0.332 e. The minimum absolute atomic E-state index is 0.354. The van der Waals surface area contributed by atoms with E-state index in [0.717, 1.165) is 10.8 Å². The van der Waals surface area contributed by atoms with E-state index >= 15 is 0 Å². The number of rotatable bonds is 2. The molecule has 0 saturated carbocycles. The van der Waals surface area contributed by atoms with Gasteiger partial charge >= 0.3 is 0 Å². The van der Waals surface area contributed by atoms with Crippen molar-refractivity contribution in [3.05, 3.63) is 42.9 Å². The lowest BCUT2D eigenvalue weighted by Gasteiger charge is -2.00. The van der Waals surface area contributed by atoms with Crippen LogP contribution in [0.1, 0.15) is 0 Å². The molecule has 7 nitrogen and oxygen atoms in total. The van der Waals surface area contributed by atoms with Gasteiger partial charge in [-0.15, -0.1) is 0 Å². The highest BCUT2D eigenvalue weighted by molar-refractivity contribution is 5.92. The van der Waals surface area contributed by atoms with Gasteiger partial charge in [0.2, 0.25) is 5.82 Å². The summed E-state index contributed by atoms with van der Waals surface area (Å²) in [5, 5.41) is 12.4. The van der Waals surface area contributed by atoms with Crippen molar-refractivity contribution in [2.24, 2.45) is 0 Å². The molecule has 0 aliphatic rings. The molecule has 0 saturated heterocycles. The molecule has 0 atom stereocenters. The molecule has 0 amide bonds. The van der Waals surface area contributed by atoms with Crippen molar-refractivity contribution in [1.29, 1.82) is 0 Å². The van der Waals surface area contributed by atoms with Crippen LogP contribution in [0.2, 0.25) is 0 Å². The normalized spacial score (nSPS) is 11.0. The van der Waals surface area contributed by atoms with Gasteiger partial charge < -0.3 is 4.52 Å². The second-order valence-corrected chi connectivity index (χ2v) is 4.14. The molecular formula is C13H8N6O. The van der Waals surface area contributed by atoms with Gasteiger partial charge in [0.15, 0.2) is 5.82 Å². The summed E-state index contributed by atoms with van der Waals surface area (Å²) in [6, 6.07) is 9.83. The summed E-state index contributed by atoms with van der Waals surface area (Å²) < 4.78 is 5.27. The van der Waals surface area contributed by atoms with Crippen LogP contribution in [-0.4, -0.2) is 30.3 Å². The fourth-order valence-corrected chi connectivity index (χ4v) is 2.02. The summed E-state index contributed by atoms with van der Waals surface area (Å²) in [6.07, 6.45) is 3.11. The molecule has 3 heterocycles. The Morgan fingerprint density at radius 1 is 1.05 bits per heavy atom. The largest absolute Gasteiger partial charge is 0.332 e. The van der Waals surface area contributed by atoms with E-state index in [-0.39, 0.29) is 0 Å². The third-order valence-electron chi connectivity index (χ3n) is 2.93. The summed E-state index contributed by atoms with van der Waals surface area (Å²) in [4.78, 5) is 12.6. The standard InChI is InChI=1S/C13H8N6O/c1-2-4-9-8(3-1)5-6-14-10(9)13-17-12(19-20-13)11-15-7-16-18-11/h1-7H,(H,15,16,18). The van der Waals surface area contributed by atoms with Crippen molar-refractivity contribution in [3.63, 3.8) is 0 Å². The fourth-order valence-electron chi connectivity index (χ4n) is 2.02. The first-order valence-corrected chi connectivity index (χ1v) is 5.95. The summed E-state index contributed by atoms with van der Waals surface area (Å²) >= 11 is 0. The predicted molar refractivity (Wildman–Crippen MR) is 70.4 cm³/mol. The predicted octanol–water partition coefficient (Wildman–Crippen LogP) is 2.07. The van der Waals surface area contributed by atoms with Crippen LogP contribution in [0.5, 0.6) is 0 Å². The fraction of sp³-hybridized carbons (Fsp3) is 0. The van der Waals surface area contributed by atoms with Gasteiger partial charge in [-0.2, -0.15) is 10.1 Å². The van der Waals surface area contributed by atoms with Crippen LogP contribution in [0.15, 0.2) is 47.4 Å². The number of fused-ring (bicyclic) bond motifs is 1. The van der Waals surface area contributed by atoms with Crippen molar-refractivity contribution in [2.75, 3.05) is 0 Å². The van der Waals surface area contributed by atoms with E-state index in [1.54, 1.807) is 6.20 Å². The number of pyridine rings is 1. The van der Waals surface area contributed by atoms with E-state index in [1.807, 2.05) is 30.3 Å². The van der Waals surface area contributed by atoms with E-state index in [9.17, 15) is 0 Å². The highest BCUT2D eigenvalue weighted by Gasteiger charge is 2.15. The maximum atomic E-state index is 5.27. The number of benzene rings is 1. The van der Waals surface area contributed by atoms with Gasteiger partial charge in [0.1, 0.15) is 12.0 Å². The summed E-state index contributed by atoms with van der Waals surface area (Å²) in [5.41, 5.74) is 0.654. The number of nitrogens with zero attached hydrogens (tertiary/aromatic N) is 5. The number of hydrogen-bond acceptors (Lipinski definition) is 6. The molecule has 0 fully saturated rings. The monoisotopic (exact) mass is 264 g/mol. The molecule has 4 rings (SSSR count). The second kappa shape index (κ2) is 4.23. The van der Waals surface area contributed by atoms with E-state index < -0.39 is 0 Å². The topological polar surface area (TPSA) is 93.4 Å². The Morgan fingerprint density at radius 2 is 2.00 bits per heavy atom. The van der Waals surface area contributed by atoms with Crippen LogP contribution in [-0.2, 0) is 0 Å². The maximum absolute atomic E-state index is 5.27. The first-order valence-electron chi connectivity index (χ1n) is 5.95. The lowest BCUT2D eigenvalue weighted by atomic mass is 10.1. The maximum Gasteiger partial charge on any atom is 0.277 e.